The van der Waals surface area contributed by atoms with E-state index in [0.29, 0.717) is 24.5 Å². The first kappa shape index (κ1) is 17.0. The van der Waals surface area contributed by atoms with Gasteiger partial charge in [-0.2, -0.15) is 4.31 Å². The largest absolute Gasteiger partial charge is 0.301 e. The summed E-state index contributed by atoms with van der Waals surface area (Å²) in [6, 6.07) is 2.56. The average molecular weight is 436 g/mol. The number of hydrogen-bond donors (Lipinski definition) is 1. The number of anilines is 1. The zero-order valence-corrected chi connectivity index (χ0v) is 16.2. The molecule has 10 heteroatoms. The van der Waals surface area contributed by atoms with Crippen molar-refractivity contribution in [1.29, 1.82) is 0 Å². The molecule has 6 nitrogen and oxygen atoms in total. The van der Waals surface area contributed by atoms with Crippen molar-refractivity contribution in [2.75, 3.05) is 11.9 Å². The van der Waals surface area contributed by atoms with E-state index in [-0.39, 0.29) is 10.1 Å². The van der Waals surface area contributed by atoms with Gasteiger partial charge in [0.1, 0.15) is 10.3 Å². The third-order valence-electron chi connectivity index (χ3n) is 3.47. The highest BCUT2D eigenvalue weighted by atomic mass is 79.9. The highest BCUT2D eigenvalue weighted by Crippen LogP contribution is 2.32. The van der Waals surface area contributed by atoms with Crippen LogP contribution < -0.4 is 5.32 Å². The quantitative estimate of drug-likeness (QED) is 0.799. The molecule has 3 rings (SSSR count). The molecule has 1 aliphatic rings. The molecule has 1 amide bonds. The maximum Gasteiger partial charge on any atom is 0.253 e. The Kier molecular flexibility index (Phi) is 4.88. The van der Waals surface area contributed by atoms with E-state index in [1.54, 1.807) is 18.3 Å². The van der Waals surface area contributed by atoms with Crippen LogP contribution in [0.15, 0.2) is 26.3 Å². The molecule has 0 unspecified atom stereocenters. The lowest BCUT2D eigenvalue weighted by Gasteiger charge is -2.22. The van der Waals surface area contributed by atoms with Gasteiger partial charge in [-0.05, 0) is 47.8 Å². The van der Waals surface area contributed by atoms with E-state index in [1.165, 1.54) is 15.6 Å². The molecular weight excluding hydrogens is 422 g/mol. The standard InChI is InChI=1S/C13H14BrN3O3S3/c1-8-7-15-13(21-8)16-12(18)9-3-2-6-17(9)23(19,20)11-5-4-10(14)22-11/h4-5,7,9H,2-3,6H2,1H3,(H,15,16,18)/t9-/m0/s1. The zero-order valence-electron chi connectivity index (χ0n) is 12.2. The van der Waals surface area contributed by atoms with Gasteiger partial charge in [0.05, 0.1) is 3.79 Å². The molecule has 1 atom stereocenters. The summed E-state index contributed by atoms with van der Waals surface area (Å²) >= 11 is 5.79. The van der Waals surface area contributed by atoms with Gasteiger partial charge in [-0.15, -0.1) is 22.7 Å². The third-order valence-corrected chi connectivity index (χ3v) is 8.30. The normalized spacial score (nSPS) is 19.1. The van der Waals surface area contributed by atoms with Crippen molar-refractivity contribution in [3.63, 3.8) is 0 Å². The zero-order chi connectivity index (χ0) is 16.6. The maximum atomic E-state index is 12.7. The highest BCUT2D eigenvalue weighted by molar-refractivity contribution is 9.11. The van der Waals surface area contributed by atoms with Gasteiger partial charge in [-0.25, -0.2) is 13.4 Å². The van der Waals surface area contributed by atoms with Crippen LogP contribution in [0.25, 0.3) is 0 Å². The van der Waals surface area contributed by atoms with E-state index in [4.69, 9.17) is 0 Å². The Balaban J connectivity index is 1.81. The number of aromatic nitrogens is 1. The van der Waals surface area contributed by atoms with Crippen LogP contribution in [0.2, 0.25) is 0 Å². The fraction of sp³-hybridized carbons (Fsp3) is 0.385. The number of aryl methyl sites for hydroxylation is 1. The second-order valence-corrected chi connectivity index (χ2v) is 10.9. The molecule has 0 radical (unpaired) electrons. The average Bonchev–Trinajstić information content (AvgIpc) is 3.19. The van der Waals surface area contributed by atoms with Crippen molar-refractivity contribution in [3.05, 3.63) is 27.0 Å². The topological polar surface area (TPSA) is 79.4 Å². The minimum atomic E-state index is -3.66. The summed E-state index contributed by atoms with van der Waals surface area (Å²) in [6.07, 6.45) is 2.86. The predicted octanol–water partition coefficient (Wildman–Crippen LogP) is 3.07. The smallest absolute Gasteiger partial charge is 0.253 e. The molecule has 2 aromatic rings. The molecule has 124 valence electrons. The summed E-state index contributed by atoms with van der Waals surface area (Å²) in [7, 11) is -3.66. The lowest BCUT2D eigenvalue weighted by Crippen LogP contribution is -2.42. The Morgan fingerprint density at radius 1 is 1.43 bits per heavy atom. The van der Waals surface area contributed by atoms with Crippen molar-refractivity contribution >= 4 is 59.7 Å². The van der Waals surface area contributed by atoms with Crippen LogP contribution >= 0.6 is 38.6 Å². The first-order valence-corrected chi connectivity index (χ1v) is 10.7. The number of thiazole rings is 1. The van der Waals surface area contributed by atoms with Crippen LogP contribution in [0.3, 0.4) is 0 Å². The van der Waals surface area contributed by atoms with Crippen molar-refractivity contribution in [1.82, 2.24) is 9.29 Å². The Labute approximate surface area is 150 Å². The fourth-order valence-electron chi connectivity index (χ4n) is 2.44. The lowest BCUT2D eigenvalue weighted by molar-refractivity contribution is -0.119. The molecule has 1 N–H and O–H groups in total. The van der Waals surface area contributed by atoms with Gasteiger partial charge in [0.15, 0.2) is 5.13 Å². The summed E-state index contributed by atoms with van der Waals surface area (Å²) in [6.45, 7) is 2.25. The molecule has 1 fully saturated rings. The van der Waals surface area contributed by atoms with Gasteiger partial charge >= 0.3 is 0 Å². The molecule has 0 spiro atoms. The molecule has 1 saturated heterocycles. The van der Waals surface area contributed by atoms with E-state index in [0.717, 1.165) is 20.0 Å². The Hall–Kier alpha value is -0.810. The first-order valence-electron chi connectivity index (χ1n) is 6.88. The van der Waals surface area contributed by atoms with Gasteiger partial charge in [0.25, 0.3) is 10.0 Å². The Bertz CT molecular complexity index is 830. The Morgan fingerprint density at radius 3 is 2.83 bits per heavy atom. The number of hydrogen-bond acceptors (Lipinski definition) is 6. The summed E-state index contributed by atoms with van der Waals surface area (Å²) < 4.78 is 27.8. The number of thiophene rings is 1. The van der Waals surface area contributed by atoms with Gasteiger partial charge < -0.3 is 5.32 Å². The van der Waals surface area contributed by atoms with Gasteiger partial charge in [0, 0.05) is 17.6 Å². The number of halogens is 1. The maximum absolute atomic E-state index is 12.7. The number of carbonyl (C=O) groups excluding carboxylic acids is 1. The van der Waals surface area contributed by atoms with Crippen molar-refractivity contribution in [3.8, 4) is 0 Å². The second-order valence-electron chi connectivity index (χ2n) is 5.10. The lowest BCUT2D eigenvalue weighted by atomic mass is 10.2. The van der Waals surface area contributed by atoms with E-state index in [2.05, 4.69) is 26.2 Å². The van der Waals surface area contributed by atoms with Crippen LogP contribution in [0.4, 0.5) is 5.13 Å². The molecule has 2 aromatic heterocycles. The summed E-state index contributed by atoms with van der Waals surface area (Å²) in [5, 5.41) is 3.22. The van der Waals surface area contributed by atoms with Gasteiger partial charge in [-0.3, -0.25) is 4.79 Å². The van der Waals surface area contributed by atoms with Gasteiger partial charge in [0.2, 0.25) is 5.91 Å². The third kappa shape index (κ3) is 3.50. The van der Waals surface area contributed by atoms with Crippen molar-refractivity contribution in [2.45, 2.75) is 30.0 Å². The minimum Gasteiger partial charge on any atom is -0.301 e. The van der Waals surface area contributed by atoms with Crippen molar-refractivity contribution < 1.29 is 13.2 Å². The highest BCUT2D eigenvalue weighted by Gasteiger charge is 2.40. The van der Waals surface area contributed by atoms with Crippen LogP contribution in [-0.2, 0) is 14.8 Å². The molecule has 0 aromatic carbocycles. The molecule has 0 saturated carbocycles. The number of rotatable bonds is 4. The van der Waals surface area contributed by atoms with Crippen LogP contribution in [0, 0.1) is 6.92 Å². The molecule has 1 aliphatic heterocycles. The SMILES string of the molecule is Cc1cnc(NC(=O)[C@@H]2CCCN2S(=O)(=O)c2ccc(Br)s2)s1. The van der Waals surface area contributed by atoms with Gasteiger partial charge in [-0.1, -0.05) is 0 Å². The molecule has 0 bridgehead atoms. The summed E-state index contributed by atoms with van der Waals surface area (Å²) in [4.78, 5) is 17.5. The number of sulfonamides is 1. The summed E-state index contributed by atoms with van der Waals surface area (Å²) in [5.74, 6) is -0.323. The van der Waals surface area contributed by atoms with E-state index < -0.39 is 16.1 Å². The number of amides is 1. The number of nitrogens with one attached hydrogen (secondary N) is 1. The number of nitrogens with zero attached hydrogens (tertiary/aromatic N) is 2. The second kappa shape index (κ2) is 6.60. The van der Waals surface area contributed by atoms with E-state index in [1.807, 2.05) is 6.92 Å². The molecular formula is C13H14BrN3O3S3. The predicted molar refractivity (Wildman–Crippen MR) is 94.4 cm³/mol. The number of carbonyl (C=O) groups is 1. The van der Waals surface area contributed by atoms with Crippen LogP contribution in [-0.4, -0.2) is 36.2 Å². The monoisotopic (exact) mass is 435 g/mol. The summed E-state index contributed by atoms with van der Waals surface area (Å²) in [5.41, 5.74) is 0. The Morgan fingerprint density at radius 2 is 2.22 bits per heavy atom. The van der Waals surface area contributed by atoms with Crippen molar-refractivity contribution in [2.24, 2.45) is 0 Å². The first-order chi connectivity index (χ1) is 10.9. The molecule has 3 heterocycles. The van der Waals surface area contributed by atoms with E-state index in [9.17, 15) is 13.2 Å². The van der Waals surface area contributed by atoms with Crippen LogP contribution in [0.1, 0.15) is 17.7 Å². The van der Waals surface area contributed by atoms with Crippen LogP contribution in [0.5, 0.6) is 0 Å². The fourth-order valence-corrected chi connectivity index (χ4v) is 6.91. The minimum absolute atomic E-state index is 0.245. The molecule has 0 aliphatic carbocycles. The molecule has 23 heavy (non-hydrogen) atoms. The van der Waals surface area contributed by atoms with E-state index >= 15 is 0 Å².